The molecule has 4 aliphatic rings. The summed E-state index contributed by atoms with van der Waals surface area (Å²) in [5.74, 6) is -1.72. The van der Waals surface area contributed by atoms with Crippen LogP contribution in [0.3, 0.4) is 0 Å². The van der Waals surface area contributed by atoms with E-state index in [-0.39, 0.29) is 50.4 Å². The molecule has 0 unspecified atom stereocenters. The molecule has 4 atom stereocenters. The molecule has 0 spiro atoms. The first kappa shape index (κ1) is 40.6. The maximum absolute atomic E-state index is 13.5. The maximum Gasteiger partial charge on any atom is 0.442 e. The number of hydrogen-bond donors (Lipinski definition) is 4. The molecule has 4 heterocycles. The van der Waals surface area contributed by atoms with Crippen LogP contribution in [0.5, 0.6) is 0 Å². The van der Waals surface area contributed by atoms with Crippen LogP contribution in [0.15, 0.2) is 10.3 Å². The van der Waals surface area contributed by atoms with Gasteiger partial charge in [-0.05, 0) is 41.5 Å². The SMILES string of the molecule is CC(C)(C)OC(=O)NC[C@@H]1C/C(=N\OCC(N)=O)[C@@H]2CN1C(=O)N2OS(=O)(=O)ON1C(=O)N2C[C@H]1/C(=N/OCC(N)=O)C[C@H]2CNC(=O)OC(C)(C)C. The number of alkyl carbamates (subject to hydrolysis) is 2. The van der Waals surface area contributed by atoms with Gasteiger partial charge in [0.05, 0.1) is 36.6 Å². The number of nitrogens with two attached hydrogens (primary N) is 2. The summed E-state index contributed by atoms with van der Waals surface area (Å²) in [6, 6.07) is -5.90. The van der Waals surface area contributed by atoms with E-state index in [0.717, 1.165) is 0 Å². The molecule has 24 nitrogen and oxygen atoms in total. The van der Waals surface area contributed by atoms with E-state index in [2.05, 4.69) is 20.9 Å². The summed E-state index contributed by atoms with van der Waals surface area (Å²) in [6.07, 6.45) is -1.67. The lowest BCUT2D eigenvalue weighted by Gasteiger charge is -2.31. The van der Waals surface area contributed by atoms with Crippen LogP contribution < -0.4 is 22.1 Å². The normalized spacial score (nSPS) is 24.4. The molecule has 25 heteroatoms. The molecule has 6 N–H and O–H groups in total. The molecule has 0 aromatic rings. The van der Waals surface area contributed by atoms with Crippen molar-refractivity contribution in [2.24, 2.45) is 21.8 Å². The Hall–Kier alpha value is -5.17. The molecule has 0 radical (unpaired) electrons. The zero-order chi connectivity index (χ0) is 39.5. The van der Waals surface area contributed by atoms with Crippen LogP contribution in [-0.4, -0.2) is 151 Å². The Kier molecular flexibility index (Phi) is 12.1. The fraction of sp³-hybridized carbons (Fsp3) is 0.714. The second kappa shape index (κ2) is 15.8. The Balaban J connectivity index is 1.52. The highest BCUT2D eigenvalue weighted by Gasteiger charge is 2.54. The Labute approximate surface area is 304 Å². The average Bonchev–Trinajstić information content (AvgIpc) is 3.43. The molecule has 0 aromatic carbocycles. The fourth-order valence-corrected chi connectivity index (χ4v) is 6.35. The summed E-state index contributed by atoms with van der Waals surface area (Å²) in [5.41, 5.74) is 8.74. The Morgan fingerprint density at radius 2 is 1.08 bits per heavy atom. The molecular formula is C28H44N10O14S. The number of rotatable bonds is 14. The number of fused-ring (bicyclic) bond motifs is 4. The third-order valence-corrected chi connectivity index (χ3v) is 8.28. The predicted octanol–water partition coefficient (Wildman–Crippen LogP) is -1.38. The summed E-state index contributed by atoms with van der Waals surface area (Å²) in [4.78, 5) is 86.6. The number of carbonyl (C=O) groups is 6. The molecule has 0 aliphatic carbocycles. The van der Waals surface area contributed by atoms with E-state index in [1.165, 1.54) is 9.80 Å². The summed E-state index contributed by atoms with van der Waals surface area (Å²) in [6.45, 7) is 8.03. The van der Waals surface area contributed by atoms with Gasteiger partial charge in [-0.2, -0.15) is 18.5 Å². The van der Waals surface area contributed by atoms with Gasteiger partial charge in [-0.15, -0.1) is 8.57 Å². The van der Waals surface area contributed by atoms with Crippen LogP contribution in [0, 0.1) is 0 Å². The van der Waals surface area contributed by atoms with Crippen LogP contribution in [0.1, 0.15) is 54.4 Å². The number of piperidine rings is 2. The van der Waals surface area contributed by atoms with Crippen molar-refractivity contribution in [3.8, 4) is 0 Å². The Morgan fingerprint density at radius 1 is 0.717 bits per heavy atom. The fourth-order valence-electron chi connectivity index (χ4n) is 5.59. The highest BCUT2D eigenvalue weighted by Crippen LogP contribution is 2.33. The summed E-state index contributed by atoms with van der Waals surface area (Å²) in [7, 11) is -5.30. The number of urea groups is 2. The van der Waals surface area contributed by atoms with Gasteiger partial charge >= 0.3 is 34.6 Å². The van der Waals surface area contributed by atoms with Gasteiger partial charge in [0.2, 0.25) is 0 Å². The minimum Gasteiger partial charge on any atom is -0.444 e. The summed E-state index contributed by atoms with van der Waals surface area (Å²) >= 11 is 0. The number of primary amides is 2. The first-order valence-corrected chi connectivity index (χ1v) is 17.6. The number of nitrogens with one attached hydrogen (secondary N) is 2. The molecule has 0 aromatic heterocycles. The Bertz CT molecular complexity index is 1530. The highest BCUT2D eigenvalue weighted by molar-refractivity contribution is 7.81. The van der Waals surface area contributed by atoms with Gasteiger partial charge in [0.1, 0.15) is 23.3 Å². The van der Waals surface area contributed by atoms with E-state index in [4.69, 9.17) is 39.2 Å². The number of amides is 8. The van der Waals surface area contributed by atoms with Crippen molar-refractivity contribution >= 4 is 57.9 Å². The van der Waals surface area contributed by atoms with Crippen molar-refractivity contribution < 1.29 is 64.9 Å². The summed E-state index contributed by atoms with van der Waals surface area (Å²) in [5, 5.41) is 13.7. The number of oxime groups is 2. The summed E-state index contributed by atoms with van der Waals surface area (Å²) < 4.78 is 47.5. The average molecular weight is 777 g/mol. The molecule has 0 saturated carbocycles. The van der Waals surface area contributed by atoms with E-state index in [9.17, 15) is 37.2 Å². The van der Waals surface area contributed by atoms with Crippen molar-refractivity contribution in [2.75, 3.05) is 39.4 Å². The van der Waals surface area contributed by atoms with E-state index in [1.807, 2.05) is 0 Å². The highest BCUT2D eigenvalue weighted by atomic mass is 32.3. The van der Waals surface area contributed by atoms with Gasteiger partial charge in [0.15, 0.2) is 13.2 Å². The van der Waals surface area contributed by atoms with Crippen molar-refractivity contribution in [2.45, 2.75) is 89.8 Å². The molecule has 4 aliphatic heterocycles. The molecule has 296 valence electrons. The second-order valence-corrected chi connectivity index (χ2v) is 15.4. The second-order valence-electron chi connectivity index (χ2n) is 14.2. The van der Waals surface area contributed by atoms with Crippen molar-refractivity contribution in [1.29, 1.82) is 0 Å². The van der Waals surface area contributed by atoms with E-state index in [1.54, 1.807) is 41.5 Å². The molecule has 4 fully saturated rings. The van der Waals surface area contributed by atoms with Crippen LogP contribution in [-0.2, 0) is 47.7 Å². The van der Waals surface area contributed by atoms with Crippen LogP contribution >= 0.6 is 0 Å². The van der Waals surface area contributed by atoms with Crippen molar-refractivity contribution in [3.63, 3.8) is 0 Å². The molecular weight excluding hydrogens is 732 g/mol. The van der Waals surface area contributed by atoms with Gasteiger partial charge in [0.25, 0.3) is 11.8 Å². The molecule has 4 rings (SSSR count). The van der Waals surface area contributed by atoms with Gasteiger partial charge in [-0.3, -0.25) is 9.59 Å². The smallest absolute Gasteiger partial charge is 0.442 e. The van der Waals surface area contributed by atoms with Crippen molar-refractivity contribution in [1.82, 2.24) is 30.6 Å². The lowest BCUT2D eigenvalue weighted by Crippen LogP contribution is -2.50. The van der Waals surface area contributed by atoms with Crippen LogP contribution in [0.25, 0.3) is 0 Å². The standard InChI is InChI=1S/C28H44N10O14S/c1-27(2,3)49-23(41)31-9-15-7-17(33-47-13-21(29)39)19-11-35(15)25(43)37(19)51-53(45,46)52-38-20-12-36(26(38)44)16(8-18(20)34-48-14-22(30)40)10-32-24(42)50-28(4,5)6/h15-16,19-20H,7-14H2,1-6H3,(H2,29,39)(H2,30,40)(H,31,41)(H,32,42)/b33-17+,34-18+/t15-,16-,19-,20-/m0/s1. The third kappa shape index (κ3) is 10.9. The largest absolute Gasteiger partial charge is 0.444 e. The van der Waals surface area contributed by atoms with Crippen molar-refractivity contribution in [3.05, 3.63) is 0 Å². The van der Waals surface area contributed by atoms with Crippen LogP contribution in [0.4, 0.5) is 19.2 Å². The number of hydroxylamine groups is 4. The number of nitrogens with zero attached hydrogens (tertiary/aromatic N) is 6. The van der Waals surface area contributed by atoms with Crippen LogP contribution in [0.2, 0.25) is 0 Å². The Morgan fingerprint density at radius 3 is 1.40 bits per heavy atom. The predicted molar refractivity (Wildman–Crippen MR) is 177 cm³/mol. The van der Waals surface area contributed by atoms with Gasteiger partial charge in [-0.25, -0.2) is 19.2 Å². The maximum atomic E-state index is 13.5. The lowest BCUT2D eigenvalue weighted by atomic mass is 9.98. The topological polar surface area (TPSA) is 306 Å². The molecule has 4 bridgehead atoms. The quantitative estimate of drug-likeness (QED) is 0.148. The van der Waals surface area contributed by atoms with Gasteiger partial charge in [0, 0.05) is 25.9 Å². The van der Waals surface area contributed by atoms with E-state index < -0.39 is 95.0 Å². The zero-order valence-electron chi connectivity index (χ0n) is 29.9. The first-order chi connectivity index (χ1) is 24.5. The number of carbonyl (C=O) groups excluding carboxylic acids is 6. The minimum atomic E-state index is -5.30. The molecule has 53 heavy (non-hydrogen) atoms. The number of ether oxygens (including phenoxy) is 2. The monoisotopic (exact) mass is 776 g/mol. The molecule has 8 amide bonds. The first-order valence-electron chi connectivity index (χ1n) is 16.2. The molecule has 4 saturated heterocycles. The minimum absolute atomic E-state index is 0.0557. The lowest BCUT2D eigenvalue weighted by molar-refractivity contribution is -0.123. The van der Waals surface area contributed by atoms with Gasteiger partial charge < -0.3 is 51.0 Å². The zero-order valence-corrected chi connectivity index (χ0v) is 30.7. The number of hydrogen-bond acceptors (Lipinski definition) is 16. The van der Waals surface area contributed by atoms with E-state index >= 15 is 0 Å². The third-order valence-electron chi connectivity index (χ3n) is 7.60. The van der Waals surface area contributed by atoms with E-state index in [0.29, 0.717) is 10.1 Å². The van der Waals surface area contributed by atoms with Gasteiger partial charge in [-0.1, -0.05) is 10.3 Å².